The molecule has 0 amide bonds. The second kappa shape index (κ2) is 7.58. The Balaban J connectivity index is 2.15. The van der Waals surface area contributed by atoms with Crippen molar-refractivity contribution in [2.75, 3.05) is 20.1 Å². The van der Waals surface area contributed by atoms with Gasteiger partial charge in [0.15, 0.2) is 11.1 Å². The summed E-state index contributed by atoms with van der Waals surface area (Å²) in [5, 5.41) is -1.31. The largest absolute Gasteiger partial charge is 0.626 e. The first kappa shape index (κ1) is 19.5. The molecule has 1 aromatic rings. The second-order valence-corrected chi connectivity index (χ2v) is 7.58. The van der Waals surface area contributed by atoms with Gasteiger partial charge in [-0.15, -0.1) is 11.6 Å². The Kier molecular flexibility index (Phi) is 5.90. The van der Waals surface area contributed by atoms with E-state index in [0.717, 1.165) is 5.56 Å². The van der Waals surface area contributed by atoms with Crippen LogP contribution in [0.15, 0.2) is 24.3 Å². The van der Waals surface area contributed by atoms with Crippen molar-refractivity contribution in [2.45, 2.75) is 31.5 Å². The molecule has 0 unspecified atom stereocenters. The zero-order chi connectivity index (χ0) is 18.8. The molecule has 1 aromatic carbocycles. The summed E-state index contributed by atoms with van der Waals surface area (Å²) >= 11 is 6.15. The van der Waals surface area contributed by atoms with E-state index < -0.39 is 30.1 Å². The van der Waals surface area contributed by atoms with Gasteiger partial charge in [0.2, 0.25) is 0 Å². The standard InChI is InChI=1S/C17H21BClNO5/c1-17(2,3)12-7-5-11(6-8-12)15(23)16(19)18-24-13(21)9-20(4)10-14(22)25-18/h5-8,16H,9-10H2,1-4H3/t16-/m0/s1. The Hall–Kier alpha value is -1.86. The molecule has 0 radical (unpaired) electrons. The molecule has 1 atom stereocenters. The van der Waals surface area contributed by atoms with E-state index in [1.807, 2.05) is 12.1 Å². The number of hydrogen-bond donors (Lipinski definition) is 0. The number of carbonyl (C=O) groups is 3. The molecule has 2 rings (SSSR count). The monoisotopic (exact) mass is 365 g/mol. The summed E-state index contributed by atoms with van der Waals surface area (Å²) in [6.45, 7) is 6.04. The number of nitrogens with zero attached hydrogens (tertiary/aromatic N) is 1. The Labute approximate surface area is 152 Å². The highest BCUT2D eigenvalue weighted by atomic mass is 35.5. The fraction of sp³-hybridized carbons (Fsp3) is 0.471. The number of benzene rings is 1. The van der Waals surface area contributed by atoms with Crippen LogP contribution in [-0.4, -0.2) is 55.2 Å². The Bertz CT molecular complexity index is 651. The van der Waals surface area contributed by atoms with E-state index in [4.69, 9.17) is 20.9 Å². The van der Waals surface area contributed by atoms with Crippen LogP contribution in [0.5, 0.6) is 0 Å². The van der Waals surface area contributed by atoms with Crippen molar-refractivity contribution in [1.29, 1.82) is 0 Å². The molecule has 8 heteroatoms. The smallest absolute Gasteiger partial charge is 0.497 e. The maximum Gasteiger partial charge on any atom is 0.626 e. The number of halogens is 1. The molecule has 0 bridgehead atoms. The second-order valence-electron chi connectivity index (χ2n) is 7.11. The summed E-state index contributed by atoms with van der Waals surface area (Å²) in [4.78, 5) is 37.5. The zero-order valence-corrected chi connectivity index (χ0v) is 15.5. The van der Waals surface area contributed by atoms with Gasteiger partial charge in [-0.3, -0.25) is 19.3 Å². The molecule has 1 heterocycles. The molecule has 1 aliphatic rings. The van der Waals surface area contributed by atoms with Crippen LogP contribution in [0.25, 0.3) is 0 Å². The number of alkyl halides is 1. The number of rotatable bonds is 3. The van der Waals surface area contributed by atoms with Crippen LogP contribution in [0, 0.1) is 0 Å². The third-order valence-corrected chi connectivity index (χ3v) is 4.22. The van der Waals surface area contributed by atoms with Gasteiger partial charge in [0, 0.05) is 5.56 Å². The van der Waals surface area contributed by atoms with Crippen LogP contribution < -0.4 is 0 Å². The average molecular weight is 366 g/mol. The number of carbonyl (C=O) groups excluding carboxylic acids is 3. The van der Waals surface area contributed by atoms with Gasteiger partial charge >= 0.3 is 19.1 Å². The molecule has 0 aliphatic carbocycles. The molecule has 1 saturated heterocycles. The van der Waals surface area contributed by atoms with Crippen LogP contribution in [0.2, 0.25) is 0 Å². The molecular formula is C17H21BClNO5. The van der Waals surface area contributed by atoms with E-state index >= 15 is 0 Å². The molecule has 25 heavy (non-hydrogen) atoms. The predicted octanol–water partition coefficient (Wildman–Crippen LogP) is 1.83. The highest BCUT2D eigenvalue weighted by molar-refractivity contribution is 6.69. The van der Waals surface area contributed by atoms with Gasteiger partial charge in [-0.1, -0.05) is 45.0 Å². The van der Waals surface area contributed by atoms with Crippen LogP contribution in [0.3, 0.4) is 0 Å². The van der Waals surface area contributed by atoms with Gasteiger partial charge < -0.3 is 9.31 Å². The average Bonchev–Trinajstić information content (AvgIpc) is 2.50. The first-order valence-corrected chi connectivity index (χ1v) is 8.38. The lowest BCUT2D eigenvalue weighted by Gasteiger charge is -2.24. The minimum absolute atomic E-state index is 0.0431. The maximum absolute atomic E-state index is 12.6. The molecule has 0 saturated carbocycles. The lowest BCUT2D eigenvalue weighted by atomic mass is 9.78. The van der Waals surface area contributed by atoms with Gasteiger partial charge in [0.25, 0.3) is 0 Å². The Morgan fingerprint density at radius 3 is 2.04 bits per heavy atom. The van der Waals surface area contributed by atoms with Crippen molar-refractivity contribution in [3.63, 3.8) is 0 Å². The summed E-state index contributed by atoms with van der Waals surface area (Å²) in [5.41, 5.74) is 1.39. The molecular weight excluding hydrogens is 344 g/mol. The summed E-state index contributed by atoms with van der Waals surface area (Å²) < 4.78 is 10.1. The van der Waals surface area contributed by atoms with E-state index in [0.29, 0.717) is 5.56 Å². The van der Waals surface area contributed by atoms with E-state index in [9.17, 15) is 14.4 Å². The highest BCUT2D eigenvalue weighted by Crippen LogP contribution is 2.23. The maximum atomic E-state index is 12.6. The van der Waals surface area contributed by atoms with E-state index in [2.05, 4.69) is 20.8 Å². The minimum Gasteiger partial charge on any atom is -0.497 e. The molecule has 0 spiro atoms. The van der Waals surface area contributed by atoms with Crippen molar-refractivity contribution < 1.29 is 23.7 Å². The normalized spacial score (nSPS) is 18.0. The van der Waals surface area contributed by atoms with E-state index in [1.165, 1.54) is 4.90 Å². The van der Waals surface area contributed by atoms with Crippen LogP contribution >= 0.6 is 11.6 Å². The topological polar surface area (TPSA) is 72.9 Å². The molecule has 1 fully saturated rings. The molecule has 6 nitrogen and oxygen atoms in total. The molecule has 0 N–H and O–H groups in total. The lowest BCUT2D eigenvalue weighted by molar-refractivity contribution is -0.145. The Morgan fingerprint density at radius 1 is 1.12 bits per heavy atom. The van der Waals surface area contributed by atoms with Crippen molar-refractivity contribution in [3.05, 3.63) is 35.4 Å². The van der Waals surface area contributed by atoms with Crippen molar-refractivity contribution in [2.24, 2.45) is 0 Å². The van der Waals surface area contributed by atoms with Crippen molar-refractivity contribution in [3.8, 4) is 0 Å². The number of ketones is 1. The summed E-state index contributed by atoms with van der Waals surface area (Å²) in [6, 6.07) is 7.03. The number of Topliss-reactive ketones (excluding diaryl/α,β-unsaturated/α-hetero) is 1. The SMILES string of the molecule is CN1CC(=O)OB([C@@H](Cl)C(=O)c2ccc(C(C)(C)C)cc2)OC(=O)C1. The van der Waals surface area contributed by atoms with Crippen LogP contribution in [-0.2, 0) is 24.3 Å². The van der Waals surface area contributed by atoms with Crippen LogP contribution in [0.4, 0.5) is 0 Å². The van der Waals surface area contributed by atoms with Gasteiger partial charge in [0.1, 0.15) is 0 Å². The van der Waals surface area contributed by atoms with Crippen LogP contribution in [0.1, 0.15) is 36.7 Å². The van der Waals surface area contributed by atoms with Gasteiger partial charge in [-0.25, -0.2) is 0 Å². The van der Waals surface area contributed by atoms with Gasteiger partial charge in [-0.2, -0.15) is 0 Å². The quantitative estimate of drug-likeness (QED) is 0.462. The van der Waals surface area contributed by atoms with Crippen molar-refractivity contribution in [1.82, 2.24) is 4.90 Å². The van der Waals surface area contributed by atoms with Gasteiger partial charge in [-0.05, 0) is 18.0 Å². The summed E-state index contributed by atoms with van der Waals surface area (Å²) in [6.07, 6.45) is 0. The Morgan fingerprint density at radius 2 is 1.60 bits per heavy atom. The lowest BCUT2D eigenvalue weighted by Crippen LogP contribution is -2.48. The van der Waals surface area contributed by atoms with Crippen molar-refractivity contribution >= 4 is 36.4 Å². The molecule has 1 aliphatic heterocycles. The number of hydrogen-bond acceptors (Lipinski definition) is 6. The minimum atomic E-state index is -1.44. The third-order valence-electron chi connectivity index (χ3n) is 3.82. The first-order chi connectivity index (χ1) is 11.6. The fourth-order valence-corrected chi connectivity index (χ4v) is 2.62. The zero-order valence-electron chi connectivity index (χ0n) is 14.7. The highest BCUT2D eigenvalue weighted by Gasteiger charge is 2.43. The predicted molar refractivity (Wildman–Crippen MR) is 94.5 cm³/mol. The van der Waals surface area contributed by atoms with Gasteiger partial charge in [0.05, 0.1) is 13.1 Å². The molecule has 0 aromatic heterocycles. The summed E-state index contributed by atoms with van der Waals surface area (Å²) in [5.74, 6) is -1.69. The fourth-order valence-electron chi connectivity index (χ4n) is 2.39. The third kappa shape index (κ3) is 5.06. The molecule has 134 valence electrons. The summed E-state index contributed by atoms with van der Waals surface area (Å²) in [7, 11) is 0.147. The van der Waals surface area contributed by atoms with E-state index in [-0.39, 0.29) is 18.5 Å². The first-order valence-electron chi connectivity index (χ1n) is 7.94. The number of likely N-dealkylation sites (N-methyl/N-ethyl adjacent to an activating group) is 1. The van der Waals surface area contributed by atoms with E-state index in [1.54, 1.807) is 19.2 Å².